The number of aliphatic hydroxyl groups is 2. The minimum absolute atomic E-state index is 0.0228. The van der Waals surface area contributed by atoms with Crippen LogP contribution in [0.1, 0.15) is 19.6 Å². The second-order valence-electron chi connectivity index (χ2n) is 5.23. The third-order valence-corrected chi connectivity index (χ3v) is 4.00. The van der Waals surface area contributed by atoms with Crippen molar-refractivity contribution >= 4 is 22.9 Å². The molecule has 0 aliphatic carbocycles. The Kier molecular flexibility index (Phi) is 3.38. The first-order valence-corrected chi connectivity index (χ1v) is 6.81. The van der Waals surface area contributed by atoms with Crippen molar-refractivity contribution in [2.24, 2.45) is 0 Å². The molecule has 6 N–H and O–H groups in total. The summed E-state index contributed by atoms with van der Waals surface area (Å²) in [5.74, 6) is -0.00980. The number of halogens is 1. The number of fused-ring (bicyclic) bond motifs is 1. The van der Waals surface area contributed by atoms with E-state index in [4.69, 9.17) is 16.2 Å². The van der Waals surface area contributed by atoms with Gasteiger partial charge in [-0.15, -0.1) is 0 Å². The van der Waals surface area contributed by atoms with E-state index in [1.807, 2.05) is 0 Å². The van der Waals surface area contributed by atoms with Gasteiger partial charge in [-0.25, -0.2) is 9.37 Å². The average Bonchev–Trinajstić information content (AvgIpc) is 3.00. The van der Waals surface area contributed by atoms with Crippen LogP contribution >= 0.6 is 0 Å². The number of ether oxygens (including phenoxy) is 1. The van der Waals surface area contributed by atoms with Gasteiger partial charge >= 0.3 is 0 Å². The Hall–Kier alpha value is -2.04. The fourth-order valence-electron chi connectivity index (χ4n) is 2.76. The topological polar surface area (TPSA) is 145 Å². The van der Waals surface area contributed by atoms with E-state index in [9.17, 15) is 10.2 Å². The van der Waals surface area contributed by atoms with Gasteiger partial charge in [-0.1, -0.05) is 6.92 Å². The molecule has 0 radical (unpaired) electrons. The van der Waals surface area contributed by atoms with Gasteiger partial charge in [-0.05, 0) is 6.42 Å². The maximum absolute atomic E-state index is 15.2. The highest BCUT2D eigenvalue weighted by Gasteiger charge is 2.57. The molecule has 120 valence electrons. The largest absolute Gasteiger partial charge is 0.394 e. The number of nitrogens with two attached hydrogens (primary N) is 2. The molecule has 0 amide bonds. The second-order valence-corrected chi connectivity index (χ2v) is 5.23. The number of hydrogen-bond acceptors (Lipinski definition) is 8. The number of alkyl halides is 1. The summed E-state index contributed by atoms with van der Waals surface area (Å²) in [4.78, 5) is 11.8. The lowest BCUT2D eigenvalue weighted by molar-refractivity contribution is -0.0628. The van der Waals surface area contributed by atoms with Gasteiger partial charge in [0.15, 0.2) is 23.4 Å². The zero-order chi connectivity index (χ0) is 16.1. The van der Waals surface area contributed by atoms with Gasteiger partial charge in [0.2, 0.25) is 5.95 Å². The first-order valence-electron chi connectivity index (χ1n) is 6.81. The van der Waals surface area contributed by atoms with Crippen LogP contribution < -0.4 is 11.5 Å². The van der Waals surface area contributed by atoms with Crippen LogP contribution in [0.5, 0.6) is 0 Å². The molecule has 3 rings (SSSR count). The Morgan fingerprint density at radius 2 is 2.18 bits per heavy atom. The van der Waals surface area contributed by atoms with Crippen molar-refractivity contribution in [3.63, 3.8) is 0 Å². The van der Waals surface area contributed by atoms with Crippen LogP contribution in [0.25, 0.3) is 11.2 Å². The Bertz CT molecular complexity index is 709. The summed E-state index contributed by atoms with van der Waals surface area (Å²) in [6, 6.07) is 0. The van der Waals surface area contributed by atoms with E-state index in [1.54, 1.807) is 6.92 Å². The molecule has 1 aliphatic rings. The van der Waals surface area contributed by atoms with E-state index >= 15 is 4.39 Å². The molecule has 1 saturated heterocycles. The second kappa shape index (κ2) is 5.00. The molecule has 0 saturated carbocycles. The number of nitrogen functional groups attached to an aromatic ring is 2. The number of aromatic nitrogens is 4. The predicted molar refractivity (Wildman–Crippen MR) is 75.3 cm³/mol. The minimum Gasteiger partial charge on any atom is -0.394 e. The van der Waals surface area contributed by atoms with Gasteiger partial charge < -0.3 is 26.4 Å². The van der Waals surface area contributed by atoms with Crippen molar-refractivity contribution in [3.05, 3.63) is 6.33 Å². The quantitative estimate of drug-likeness (QED) is 0.585. The van der Waals surface area contributed by atoms with Crippen molar-refractivity contribution < 1.29 is 19.3 Å². The van der Waals surface area contributed by atoms with E-state index in [2.05, 4.69) is 15.0 Å². The normalized spacial score (nSPS) is 31.9. The third kappa shape index (κ3) is 1.91. The third-order valence-electron chi connectivity index (χ3n) is 4.00. The molecule has 0 bridgehead atoms. The smallest absolute Gasteiger partial charge is 0.224 e. The molecule has 4 atom stereocenters. The van der Waals surface area contributed by atoms with E-state index in [0.29, 0.717) is 0 Å². The maximum atomic E-state index is 15.2. The number of anilines is 2. The molecule has 0 unspecified atom stereocenters. The standard InChI is InChI=1S/C12H17FN6O3/c1-2-12(13)7(21)5(3-20)22-10(12)19-4-16-6-8(14)17-11(15)18-9(6)19/h4-5,7,10,20-21H,2-3H2,1H3,(H4,14,15,17,18)/t5-,7-,10-,12-/m1/s1. The summed E-state index contributed by atoms with van der Waals surface area (Å²) in [5.41, 5.74) is 9.65. The van der Waals surface area contributed by atoms with Crippen molar-refractivity contribution in [1.82, 2.24) is 19.5 Å². The number of rotatable bonds is 3. The van der Waals surface area contributed by atoms with E-state index in [0.717, 1.165) is 0 Å². The fourth-order valence-corrected chi connectivity index (χ4v) is 2.76. The highest BCUT2D eigenvalue weighted by molar-refractivity contribution is 5.82. The lowest BCUT2D eigenvalue weighted by Gasteiger charge is -2.27. The van der Waals surface area contributed by atoms with Gasteiger partial charge in [0.05, 0.1) is 12.9 Å². The molecule has 9 nitrogen and oxygen atoms in total. The molecule has 1 fully saturated rings. The van der Waals surface area contributed by atoms with Crippen molar-refractivity contribution in [2.75, 3.05) is 18.1 Å². The lowest BCUT2D eigenvalue weighted by atomic mass is 9.93. The highest BCUT2D eigenvalue weighted by atomic mass is 19.1. The van der Waals surface area contributed by atoms with Crippen LogP contribution in [0.15, 0.2) is 6.33 Å². The van der Waals surface area contributed by atoms with Crippen LogP contribution in [-0.4, -0.2) is 54.2 Å². The van der Waals surface area contributed by atoms with E-state index in [-0.39, 0.29) is 29.4 Å². The van der Waals surface area contributed by atoms with Gasteiger partial charge in [0.1, 0.15) is 17.7 Å². The Morgan fingerprint density at radius 1 is 1.45 bits per heavy atom. The zero-order valence-corrected chi connectivity index (χ0v) is 11.8. The molecule has 2 aromatic heterocycles. The van der Waals surface area contributed by atoms with E-state index < -0.39 is 30.7 Å². The Labute approximate surface area is 124 Å². The SMILES string of the molecule is CC[C@@]1(F)[C@H](O)[C@@H](CO)O[C@H]1n1cnc2c(N)nc(N)nc21. The van der Waals surface area contributed by atoms with Gasteiger partial charge in [0, 0.05) is 0 Å². The molecule has 0 aromatic carbocycles. The number of aliphatic hydroxyl groups excluding tert-OH is 2. The Morgan fingerprint density at radius 3 is 2.82 bits per heavy atom. The molecule has 0 spiro atoms. The van der Waals surface area contributed by atoms with Gasteiger partial charge in [0.25, 0.3) is 0 Å². The number of hydrogen-bond donors (Lipinski definition) is 4. The molecule has 1 aliphatic heterocycles. The summed E-state index contributed by atoms with van der Waals surface area (Å²) < 4.78 is 22.0. The zero-order valence-electron chi connectivity index (χ0n) is 11.8. The predicted octanol–water partition coefficient (Wildman–Crippen LogP) is -0.640. The highest BCUT2D eigenvalue weighted by Crippen LogP contribution is 2.44. The van der Waals surface area contributed by atoms with Crippen molar-refractivity contribution in [3.8, 4) is 0 Å². The molecule has 10 heteroatoms. The number of imidazole rings is 1. The molecular weight excluding hydrogens is 295 g/mol. The molecule has 22 heavy (non-hydrogen) atoms. The van der Waals surface area contributed by atoms with Crippen LogP contribution in [0.2, 0.25) is 0 Å². The summed E-state index contributed by atoms with van der Waals surface area (Å²) in [7, 11) is 0. The van der Waals surface area contributed by atoms with Crippen LogP contribution in [-0.2, 0) is 4.74 Å². The summed E-state index contributed by atoms with van der Waals surface area (Å²) in [6.07, 6.45) is -2.44. The summed E-state index contributed by atoms with van der Waals surface area (Å²) in [5, 5.41) is 19.3. The first-order chi connectivity index (χ1) is 10.4. The van der Waals surface area contributed by atoms with Crippen LogP contribution in [0.3, 0.4) is 0 Å². The summed E-state index contributed by atoms with van der Waals surface area (Å²) >= 11 is 0. The number of nitrogens with zero attached hydrogens (tertiary/aromatic N) is 4. The van der Waals surface area contributed by atoms with Crippen molar-refractivity contribution in [1.29, 1.82) is 0 Å². The monoisotopic (exact) mass is 312 g/mol. The lowest BCUT2D eigenvalue weighted by Crippen LogP contribution is -2.42. The first kappa shape index (κ1) is 14.9. The van der Waals surface area contributed by atoms with Crippen molar-refractivity contribution in [2.45, 2.75) is 37.4 Å². The van der Waals surface area contributed by atoms with E-state index in [1.165, 1.54) is 10.9 Å². The Balaban J connectivity index is 2.14. The average molecular weight is 312 g/mol. The van der Waals surface area contributed by atoms with Crippen LogP contribution in [0.4, 0.5) is 16.2 Å². The van der Waals surface area contributed by atoms with Gasteiger partial charge in [-0.2, -0.15) is 9.97 Å². The minimum atomic E-state index is -2.10. The van der Waals surface area contributed by atoms with Gasteiger partial charge in [-0.3, -0.25) is 4.57 Å². The van der Waals surface area contributed by atoms with Crippen LogP contribution in [0, 0.1) is 0 Å². The fraction of sp³-hybridized carbons (Fsp3) is 0.583. The molecular formula is C12H17FN6O3. The molecule has 2 aromatic rings. The maximum Gasteiger partial charge on any atom is 0.224 e. The summed E-state index contributed by atoms with van der Waals surface area (Å²) in [6.45, 7) is 1.07. The molecule has 3 heterocycles.